The molecule has 1 aromatic rings. The monoisotopic (exact) mass is 239 g/mol. The summed E-state index contributed by atoms with van der Waals surface area (Å²) in [5, 5.41) is 1.89. The molecule has 16 heavy (non-hydrogen) atoms. The SMILES string of the molecule is CC(=O)N1CCCC(c2nc(C)c(N)s2)C1. The predicted octanol–water partition coefficient (Wildman–Crippen LogP) is 1.76. The molecule has 0 spiro atoms. The van der Waals surface area contributed by atoms with Crippen molar-refractivity contribution in [1.29, 1.82) is 0 Å². The number of likely N-dealkylation sites (tertiary alicyclic amines) is 1. The van der Waals surface area contributed by atoms with Crippen molar-refractivity contribution in [1.82, 2.24) is 9.88 Å². The number of carbonyl (C=O) groups excluding carboxylic acids is 1. The van der Waals surface area contributed by atoms with Gasteiger partial charge in [-0.3, -0.25) is 4.79 Å². The summed E-state index contributed by atoms with van der Waals surface area (Å²) in [6.45, 7) is 5.23. The van der Waals surface area contributed by atoms with E-state index >= 15 is 0 Å². The molecule has 2 rings (SSSR count). The van der Waals surface area contributed by atoms with Gasteiger partial charge in [0.25, 0.3) is 0 Å². The number of anilines is 1. The zero-order valence-electron chi connectivity index (χ0n) is 9.69. The van der Waals surface area contributed by atoms with Crippen molar-refractivity contribution in [2.45, 2.75) is 32.6 Å². The third kappa shape index (κ3) is 2.19. The number of hydrogen-bond donors (Lipinski definition) is 1. The lowest BCUT2D eigenvalue weighted by Crippen LogP contribution is -2.37. The molecule has 0 bridgehead atoms. The van der Waals surface area contributed by atoms with Crippen LogP contribution in [-0.4, -0.2) is 28.9 Å². The van der Waals surface area contributed by atoms with E-state index in [0.29, 0.717) is 5.92 Å². The molecule has 1 aliphatic rings. The van der Waals surface area contributed by atoms with Crippen LogP contribution in [-0.2, 0) is 4.79 Å². The molecule has 5 heteroatoms. The van der Waals surface area contributed by atoms with Gasteiger partial charge in [-0.2, -0.15) is 0 Å². The average Bonchev–Trinajstić information content (AvgIpc) is 2.59. The highest BCUT2D eigenvalue weighted by atomic mass is 32.1. The van der Waals surface area contributed by atoms with Crippen LogP contribution in [0.2, 0.25) is 0 Å². The Morgan fingerprint density at radius 2 is 2.38 bits per heavy atom. The Bertz CT molecular complexity index is 382. The van der Waals surface area contributed by atoms with Gasteiger partial charge in [0.1, 0.15) is 5.00 Å². The van der Waals surface area contributed by atoms with Gasteiger partial charge in [-0.1, -0.05) is 0 Å². The van der Waals surface area contributed by atoms with Gasteiger partial charge in [0.05, 0.1) is 10.7 Å². The van der Waals surface area contributed by atoms with Crippen molar-refractivity contribution in [2.24, 2.45) is 0 Å². The third-order valence-electron chi connectivity index (χ3n) is 3.06. The quantitative estimate of drug-likeness (QED) is 0.812. The van der Waals surface area contributed by atoms with Crippen molar-refractivity contribution in [3.8, 4) is 0 Å². The number of carbonyl (C=O) groups is 1. The molecule has 1 unspecified atom stereocenters. The van der Waals surface area contributed by atoms with Crippen LogP contribution in [0.1, 0.15) is 36.4 Å². The van der Waals surface area contributed by atoms with Crippen LogP contribution in [0.4, 0.5) is 5.00 Å². The van der Waals surface area contributed by atoms with Crippen LogP contribution >= 0.6 is 11.3 Å². The standard InChI is InChI=1S/C11H17N3OS/c1-7-10(12)16-11(13-7)9-4-3-5-14(6-9)8(2)15/h9H,3-6,12H2,1-2H3. The van der Waals surface area contributed by atoms with Gasteiger partial charge in [0, 0.05) is 25.9 Å². The molecule has 1 atom stereocenters. The van der Waals surface area contributed by atoms with Crippen LogP contribution in [0.15, 0.2) is 0 Å². The highest BCUT2D eigenvalue weighted by molar-refractivity contribution is 7.15. The maximum Gasteiger partial charge on any atom is 0.219 e. The van der Waals surface area contributed by atoms with Gasteiger partial charge >= 0.3 is 0 Å². The summed E-state index contributed by atoms with van der Waals surface area (Å²) in [5.41, 5.74) is 6.73. The Hall–Kier alpha value is -1.10. The molecule has 1 amide bonds. The fraction of sp³-hybridized carbons (Fsp3) is 0.636. The Kier molecular flexibility index (Phi) is 3.14. The van der Waals surface area contributed by atoms with E-state index in [1.165, 1.54) is 0 Å². The number of rotatable bonds is 1. The second kappa shape index (κ2) is 4.41. The molecule has 1 aromatic heterocycles. The largest absolute Gasteiger partial charge is 0.389 e. The second-order valence-electron chi connectivity index (χ2n) is 4.31. The van der Waals surface area contributed by atoms with Crippen LogP contribution < -0.4 is 5.73 Å². The molecule has 1 saturated heterocycles. The first kappa shape index (κ1) is 11.4. The number of hydrogen-bond acceptors (Lipinski definition) is 4. The molecule has 0 aliphatic carbocycles. The lowest BCUT2D eigenvalue weighted by molar-refractivity contribution is -0.130. The lowest BCUT2D eigenvalue weighted by Gasteiger charge is -2.30. The van der Waals surface area contributed by atoms with E-state index in [1.807, 2.05) is 11.8 Å². The number of nitrogen functional groups attached to an aromatic ring is 1. The molecular formula is C11H17N3OS. The highest BCUT2D eigenvalue weighted by Crippen LogP contribution is 2.32. The van der Waals surface area contributed by atoms with E-state index in [2.05, 4.69) is 4.98 Å². The fourth-order valence-corrected chi connectivity index (χ4v) is 3.03. The molecule has 0 aromatic carbocycles. The molecule has 2 heterocycles. The number of nitrogens with zero attached hydrogens (tertiary/aromatic N) is 2. The van der Waals surface area contributed by atoms with E-state index < -0.39 is 0 Å². The van der Waals surface area contributed by atoms with Crippen molar-refractivity contribution in [2.75, 3.05) is 18.8 Å². The molecular weight excluding hydrogens is 222 g/mol. The van der Waals surface area contributed by atoms with Crippen molar-refractivity contribution < 1.29 is 4.79 Å². The minimum Gasteiger partial charge on any atom is -0.389 e. The maximum absolute atomic E-state index is 11.3. The van der Waals surface area contributed by atoms with Crippen LogP contribution in [0.5, 0.6) is 0 Å². The first-order valence-corrected chi connectivity index (χ1v) is 6.38. The van der Waals surface area contributed by atoms with Gasteiger partial charge in [0.15, 0.2) is 0 Å². The number of piperidine rings is 1. The number of amides is 1. The zero-order chi connectivity index (χ0) is 11.7. The fourth-order valence-electron chi connectivity index (χ4n) is 2.07. The predicted molar refractivity (Wildman–Crippen MR) is 65.5 cm³/mol. The minimum absolute atomic E-state index is 0.158. The lowest BCUT2D eigenvalue weighted by atomic mass is 9.99. The molecule has 1 fully saturated rings. The van der Waals surface area contributed by atoms with Gasteiger partial charge in [-0.05, 0) is 19.8 Å². The summed E-state index contributed by atoms with van der Waals surface area (Å²) >= 11 is 1.56. The number of nitrogens with two attached hydrogens (primary N) is 1. The average molecular weight is 239 g/mol. The van der Waals surface area contributed by atoms with E-state index in [-0.39, 0.29) is 5.91 Å². The Morgan fingerprint density at radius 3 is 2.94 bits per heavy atom. The highest BCUT2D eigenvalue weighted by Gasteiger charge is 2.25. The Labute approximate surface area is 99.5 Å². The normalized spacial score (nSPS) is 21.1. The van der Waals surface area contributed by atoms with Gasteiger partial charge in [-0.25, -0.2) is 4.98 Å². The molecule has 1 aliphatic heterocycles. The van der Waals surface area contributed by atoms with Crippen molar-refractivity contribution in [3.63, 3.8) is 0 Å². The van der Waals surface area contributed by atoms with Crippen LogP contribution in [0.3, 0.4) is 0 Å². The minimum atomic E-state index is 0.158. The summed E-state index contributed by atoms with van der Waals surface area (Å²) in [6.07, 6.45) is 2.17. The molecule has 88 valence electrons. The summed E-state index contributed by atoms with van der Waals surface area (Å²) in [5.74, 6) is 0.532. The van der Waals surface area contributed by atoms with Gasteiger partial charge in [-0.15, -0.1) is 11.3 Å². The molecule has 0 saturated carbocycles. The van der Waals surface area contributed by atoms with Crippen LogP contribution in [0, 0.1) is 6.92 Å². The van der Waals surface area contributed by atoms with Gasteiger partial charge < -0.3 is 10.6 Å². The number of aromatic nitrogens is 1. The molecule has 4 nitrogen and oxygen atoms in total. The third-order valence-corrected chi connectivity index (χ3v) is 4.21. The summed E-state index contributed by atoms with van der Waals surface area (Å²) in [4.78, 5) is 17.7. The topological polar surface area (TPSA) is 59.2 Å². The molecule has 2 N–H and O–H groups in total. The number of thiazole rings is 1. The second-order valence-corrected chi connectivity index (χ2v) is 5.37. The Balaban J connectivity index is 2.12. The molecule has 0 radical (unpaired) electrons. The zero-order valence-corrected chi connectivity index (χ0v) is 10.5. The Morgan fingerprint density at radius 1 is 1.62 bits per heavy atom. The van der Waals surface area contributed by atoms with E-state index in [1.54, 1.807) is 18.3 Å². The maximum atomic E-state index is 11.3. The van der Waals surface area contributed by atoms with Gasteiger partial charge in [0.2, 0.25) is 5.91 Å². The first-order valence-electron chi connectivity index (χ1n) is 5.56. The smallest absolute Gasteiger partial charge is 0.219 e. The van der Waals surface area contributed by atoms with Crippen LogP contribution in [0.25, 0.3) is 0 Å². The summed E-state index contributed by atoms with van der Waals surface area (Å²) in [6, 6.07) is 0. The van der Waals surface area contributed by atoms with E-state index in [4.69, 9.17) is 5.73 Å². The summed E-state index contributed by atoms with van der Waals surface area (Å²) < 4.78 is 0. The first-order chi connectivity index (χ1) is 7.58. The van der Waals surface area contributed by atoms with Crippen molar-refractivity contribution in [3.05, 3.63) is 10.7 Å². The summed E-state index contributed by atoms with van der Waals surface area (Å²) in [7, 11) is 0. The van der Waals surface area contributed by atoms with E-state index in [9.17, 15) is 4.79 Å². The van der Waals surface area contributed by atoms with E-state index in [0.717, 1.165) is 41.6 Å². The number of aryl methyl sites for hydroxylation is 1. The van der Waals surface area contributed by atoms with Crippen molar-refractivity contribution >= 4 is 22.2 Å².